The zero-order valence-electron chi connectivity index (χ0n) is 12.9. The number of carbonyl (C=O) groups excluding carboxylic acids is 1. The quantitative estimate of drug-likeness (QED) is 0.683. The Labute approximate surface area is 136 Å². The number of piperazine rings is 1. The second kappa shape index (κ2) is 7.59. The van der Waals surface area contributed by atoms with Crippen LogP contribution in [0.3, 0.4) is 0 Å². The Morgan fingerprint density at radius 2 is 1.86 bits per heavy atom. The number of benzene rings is 1. The van der Waals surface area contributed by atoms with E-state index in [4.69, 9.17) is 18.3 Å². The van der Waals surface area contributed by atoms with Crippen LogP contribution in [-0.4, -0.2) is 55.0 Å². The van der Waals surface area contributed by atoms with E-state index in [1.165, 1.54) is 0 Å². The van der Waals surface area contributed by atoms with Crippen LogP contribution in [-0.2, 0) is 4.79 Å². The first-order chi connectivity index (χ1) is 10.6. The summed E-state index contributed by atoms with van der Waals surface area (Å²) in [4.78, 5) is 22.8. The van der Waals surface area contributed by atoms with E-state index in [2.05, 4.69) is 21.6 Å². The summed E-state index contributed by atoms with van der Waals surface area (Å²) >= 11 is 5.86. The van der Waals surface area contributed by atoms with Crippen molar-refractivity contribution >= 4 is 23.4 Å². The zero-order valence-corrected chi connectivity index (χ0v) is 13.7. The van der Waals surface area contributed by atoms with Crippen LogP contribution in [0.5, 0.6) is 0 Å². The molecule has 0 spiro atoms. The SMILES string of the molecule is [C-]#[N+]c1ccc(C(C)[C@@H](NCl)C(=O)N2CCN(C)CC2)cc1. The molecule has 0 aliphatic carbocycles. The zero-order chi connectivity index (χ0) is 16.1. The third kappa shape index (κ3) is 3.77. The molecule has 1 aliphatic rings. The molecule has 1 heterocycles. The van der Waals surface area contributed by atoms with Crippen molar-refractivity contribution in [2.45, 2.75) is 18.9 Å². The average molecular weight is 321 g/mol. The van der Waals surface area contributed by atoms with Gasteiger partial charge in [-0.3, -0.25) is 4.79 Å². The van der Waals surface area contributed by atoms with E-state index in [-0.39, 0.29) is 11.8 Å². The van der Waals surface area contributed by atoms with Crippen molar-refractivity contribution in [3.05, 3.63) is 41.2 Å². The van der Waals surface area contributed by atoms with Gasteiger partial charge in [0.25, 0.3) is 0 Å². The third-order valence-electron chi connectivity index (χ3n) is 4.25. The van der Waals surface area contributed by atoms with Crippen LogP contribution in [0, 0.1) is 6.57 Å². The van der Waals surface area contributed by atoms with Crippen LogP contribution in [0.25, 0.3) is 4.85 Å². The molecule has 2 atom stereocenters. The lowest BCUT2D eigenvalue weighted by Gasteiger charge is -2.35. The van der Waals surface area contributed by atoms with E-state index in [9.17, 15) is 4.79 Å². The van der Waals surface area contributed by atoms with Gasteiger partial charge in [0.2, 0.25) is 5.91 Å². The van der Waals surface area contributed by atoms with Crippen molar-refractivity contribution in [2.75, 3.05) is 33.2 Å². The maximum absolute atomic E-state index is 12.7. The number of hydrogen-bond acceptors (Lipinski definition) is 3. The molecule has 1 fully saturated rings. The Bertz CT molecular complexity index is 546. The Hall–Kier alpha value is -1.61. The number of halogens is 1. The molecule has 0 bridgehead atoms. The normalized spacial score (nSPS) is 18.5. The fraction of sp³-hybridized carbons (Fsp3) is 0.500. The van der Waals surface area contributed by atoms with Crippen LogP contribution >= 0.6 is 11.8 Å². The lowest BCUT2D eigenvalue weighted by atomic mass is 9.92. The first-order valence-corrected chi connectivity index (χ1v) is 7.75. The van der Waals surface area contributed by atoms with Gasteiger partial charge >= 0.3 is 0 Å². The molecule has 1 N–H and O–H groups in total. The fourth-order valence-corrected chi connectivity index (χ4v) is 2.91. The highest BCUT2D eigenvalue weighted by Gasteiger charge is 2.30. The van der Waals surface area contributed by atoms with Crippen LogP contribution in [0.1, 0.15) is 18.4 Å². The molecular formula is C16H21ClN4O. The predicted molar refractivity (Wildman–Crippen MR) is 88.0 cm³/mol. The lowest BCUT2D eigenvalue weighted by molar-refractivity contribution is -0.135. The van der Waals surface area contributed by atoms with Crippen LogP contribution in [0.2, 0.25) is 0 Å². The topological polar surface area (TPSA) is 39.9 Å². The molecule has 22 heavy (non-hydrogen) atoms. The summed E-state index contributed by atoms with van der Waals surface area (Å²) in [6.45, 7) is 12.2. The minimum atomic E-state index is -0.469. The third-order valence-corrected chi connectivity index (χ3v) is 4.48. The molecule has 118 valence electrons. The summed E-state index contributed by atoms with van der Waals surface area (Å²) in [6.07, 6.45) is 0. The van der Waals surface area contributed by atoms with Gasteiger partial charge in [-0.05, 0) is 24.4 Å². The minimum absolute atomic E-state index is 0.0323. The van der Waals surface area contributed by atoms with Gasteiger partial charge < -0.3 is 9.80 Å². The van der Waals surface area contributed by atoms with Gasteiger partial charge in [-0.25, -0.2) is 9.68 Å². The largest absolute Gasteiger partial charge is 0.339 e. The minimum Gasteiger partial charge on any atom is -0.339 e. The average Bonchev–Trinajstić information content (AvgIpc) is 2.56. The monoisotopic (exact) mass is 320 g/mol. The van der Waals surface area contributed by atoms with Crippen molar-refractivity contribution in [2.24, 2.45) is 0 Å². The number of likely N-dealkylation sites (N-methyl/N-ethyl adjacent to an activating group) is 1. The summed E-state index contributed by atoms with van der Waals surface area (Å²) in [6, 6.07) is 6.84. The van der Waals surface area contributed by atoms with Crippen LogP contribution in [0.4, 0.5) is 5.69 Å². The summed E-state index contributed by atoms with van der Waals surface area (Å²) < 4.78 is 0. The highest BCUT2D eigenvalue weighted by Crippen LogP contribution is 2.24. The number of rotatable bonds is 4. The molecule has 0 aromatic heterocycles. The predicted octanol–water partition coefficient (Wildman–Crippen LogP) is 2.23. The Balaban J connectivity index is 2.09. The molecule has 1 unspecified atom stereocenters. The van der Waals surface area contributed by atoms with E-state index in [0.29, 0.717) is 5.69 Å². The summed E-state index contributed by atoms with van der Waals surface area (Å²) in [5, 5.41) is 0. The molecule has 1 aliphatic heterocycles. The van der Waals surface area contributed by atoms with Crippen molar-refractivity contribution < 1.29 is 4.79 Å². The molecule has 5 nitrogen and oxygen atoms in total. The van der Waals surface area contributed by atoms with E-state index >= 15 is 0 Å². The molecular weight excluding hydrogens is 300 g/mol. The van der Waals surface area contributed by atoms with Gasteiger partial charge in [0.15, 0.2) is 5.69 Å². The molecule has 6 heteroatoms. The summed E-state index contributed by atoms with van der Waals surface area (Å²) in [5.74, 6) is -0.0331. The highest BCUT2D eigenvalue weighted by atomic mass is 35.5. The Kier molecular flexibility index (Phi) is 5.78. The van der Waals surface area contributed by atoms with Gasteiger partial charge in [-0.1, -0.05) is 31.2 Å². The molecule has 1 aromatic rings. The molecule has 0 saturated carbocycles. The lowest BCUT2D eigenvalue weighted by Crippen LogP contribution is -2.53. The Morgan fingerprint density at radius 1 is 1.27 bits per heavy atom. The van der Waals surface area contributed by atoms with Crippen molar-refractivity contribution in [1.29, 1.82) is 0 Å². The molecule has 1 saturated heterocycles. The van der Waals surface area contributed by atoms with Gasteiger partial charge in [0.1, 0.15) is 6.04 Å². The van der Waals surface area contributed by atoms with E-state index in [1.807, 2.05) is 24.0 Å². The number of amides is 1. The second-order valence-electron chi connectivity index (χ2n) is 5.71. The molecule has 1 aromatic carbocycles. The fourth-order valence-electron chi connectivity index (χ4n) is 2.62. The van der Waals surface area contributed by atoms with Crippen molar-refractivity contribution in [3.8, 4) is 0 Å². The summed E-state index contributed by atoms with van der Waals surface area (Å²) in [5.41, 5.74) is 1.59. The van der Waals surface area contributed by atoms with Crippen LogP contribution in [0.15, 0.2) is 24.3 Å². The van der Waals surface area contributed by atoms with Gasteiger partial charge in [0.05, 0.1) is 6.57 Å². The van der Waals surface area contributed by atoms with Crippen molar-refractivity contribution in [3.63, 3.8) is 0 Å². The first kappa shape index (κ1) is 16.8. The van der Waals surface area contributed by atoms with Gasteiger partial charge in [-0.2, -0.15) is 0 Å². The van der Waals surface area contributed by atoms with Crippen LogP contribution < -0.4 is 4.84 Å². The highest BCUT2D eigenvalue weighted by molar-refractivity contribution is 6.15. The number of nitrogens with zero attached hydrogens (tertiary/aromatic N) is 3. The molecule has 2 rings (SSSR count). The number of hydrogen-bond donors (Lipinski definition) is 1. The standard InChI is InChI=1S/C16H21ClN4O/c1-12(13-4-6-14(18-2)7-5-13)15(19-17)16(22)21-10-8-20(3)9-11-21/h4-7,12,15,19H,8-11H2,1,3H3/t12?,15-/m1/s1. The maximum Gasteiger partial charge on any atom is 0.241 e. The summed E-state index contributed by atoms with van der Waals surface area (Å²) in [7, 11) is 2.06. The first-order valence-electron chi connectivity index (χ1n) is 7.37. The Morgan fingerprint density at radius 3 is 2.36 bits per heavy atom. The number of carbonyl (C=O) groups is 1. The maximum atomic E-state index is 12.7. The van der Waals surface area contributed by atoms with E-state index in [0.717, 1.165) is 31.7 Å². The smallest absolute Gasteiger partial charge is 0.241 e. The number of nitrogens with one attached hydrogen (secondary N) is 1. The van der Waals surface area contributed by atoms with E-state index in [1.54, 1.807) is 12.1 Å². The molecule has 0 radical (unpaired) electrons. The van der Waals surface area contributed by atoms with Crippen molar-refractivity contribution in [1.82, 2.24) is 14.6 Å². The van der Waals surface area contributed by atoms with E-state index < -0.39 is 6.04 Å². The molecule has 1 amide bonds. The van der Waals surface area contributed by atoms with Gasteiger partial charge in [-0.15, -0.1) is 0 Å². The second-order valence-corrected chi connectivity index (χ2v) is 5.93. The van der Waals surface area contributed by atoms with Gasteiger partial charge in [0, 0.05) is 32.1 Å².